The Balaban J connectivity index is 2.36. The second-order valence-corrected chi connectivity index (χ2v) is 8.76. The molecule has 0 aromatic heterocycles. The molecule has 0 spiro atoms. The largest absolute Gasteiger partial charge is 0.406 e. The summed E-state index contributed by atoms with van der Waals surface area (Å²) in [7, 11) is -2.84. The molecule has 0 radical (unpaired) electrons. The molecule has 1 unspecified atom stereocenters. The maximum Gasteiger partial charge on any atom is 0.406 e. The lowest BCUT2D eigenvalue weighted by Crippen LogP contribution is -2.51. The van der Waals surface area contributed by atoms with Crippen LogP contribution >= 0.6 is 0 Å². The predicted octanol–water partition coefficient (Wildman–Crippen LogP) is 4.27. The van der Waals surface area contributed by atoms with E-state index in [9.17, 15) is 21.6 Å². The van der Waals surface area contributed by atoms with Crippen LogP contribution in [0.3, 0.4) is 0 Å². The van der Waals surface area contributed by atoms with Crippen molar-refractivity contribution in [2.45, 2.75) is 44.8 Å². The number of benzene rings is 2. The molecule has 0 saturated heterocycles. The number of likely N-dealkylation sites (N-methyl/N-ethyl adjacent to an activating group) is 1. The molecule has 8 heteroatoms. The highest BCUT2D eigenvalue weighted by atomic mass is 32.2. The van der Waals surface area contributed by atoms with Crippen molar-refractivity contribution in [2.75, 3.05) is 18.5 Å². The molecule has 2 aromatic rings. The molecule has 2 aromatic carbocycles. The SMILES string of the molecule is Cc1cc(C)c(S(=O)(=O)NC(CN(C)c2ccccc2C)C(F)(F)F)c(C)c1. The van der Waals surface area contributed by atoms with Gasteiger partial charge in [0.15, 0.2) is 0 Å². The average Bonchev–Trinajstić information content (AvgIpc) is 2.52. The van der Waals surface area contributed by atoms with E-state index >= 15 is 0 Å². The van der Waals surface area contributed by atoms with Crippen LogP contribution in [0.2, 0.25) is 0 Å². The van der Waals surface area contributed by atoms with E-state index in [1.54, 1.807) is 64.1 Å². The molecule has 0 fully saturated rings. The minimum absolute atomic E-state index is 0.106. The maximum atomic E-state index is 13.7. The molecule has 28 heavy (non-hydrogen) atoms. The van der Waals surface area contributed by atoms with Gasteiger partial charge in [0, 0.05) is 19.3 Å². The Morgan fingerprint density at radius 2 is 1.54 bits per heavy atom. The first-order chi connectivity index (χ1) is 12.8. The van der Waals surface area contributed by atoms with E-state index in [0.29, 0.717) is 16.8 Å². The van der Waals surface area contributed by atoms with Gasteiger partial charge in [0.05, 0.1) is 4.90 Å². The summed E-state index contributed by atoms with van der Waals surface area (Å²) in [6.45, 7) is 6.21. The minimum Gasteiger partial charge on any atom is -0.372 e. The quantitative estimate of drug-likeness (QED) is 0.768. The van der Waals surface area contributed by atoms with Crippen molar-refractivity contribution >= 4 is 15.7 Å². The summed E-state index contributed by atoms with van der Waals surface area (Å²) in [5, 5.41) is 0. The van der Waals surface area contributed by atoms with Crippen molar-refractivity contribution in [1.82, 2.24) is 4.72 Å². The van der Waals surface area contributed by atoms with Crippen molar-refractivity contribution < 1.29 is 21.6 Å². The molecular weight excluding hydrogens is 389 g/mol. The second kappa shape index (κ2) is 8.13. The molecule has 1 atom stereocenters. The molecular formula is C20H25F3N2O2S. The van der Waals surface area contributed by atoms with Crippen molar-refractivity contribution in [3.63, 3.8) is 0 Å². The Bertz CT molecular complexity index is 933. The van der Waals surface area contributed by atoms with Crippen LogP contribution < -0.4 is 9.62 Å². The highest BCUT2D eigenvalue weighted by molar-refractivity contribution is 7.89. The zero-order chi connectivity index (χ0) is 21.3. The smallest absolute Gasteiger partial charge is 0.372 e. The first-order valence-electron chi connectivity index (χ1n) is 8.76. The van der Waals surface area contributed by atoms with Gasteiger partial charge in [-0.1, -0.05) is 35.9 Å². The van der Waals surface area contributed by atoms with Crippen LogP contribution in [0.25, 0.3) is 0 Å². The Labute approximate surface area is 164 Å². The zero-order valence-corrected chi connectivity index (χ0v) is 17.4. The van der Waals surface area contributed by atoms with E-state index < -0.39 is 28.8 Å². The van der Waals surface area contributed by atoms with Gasteiger partial charge in [-0.3, -0.25) is 0 Å². The number of sulfonamides is 1. The van der Waals surface area contributed by atoms with Gasteiger partial charge in [0.25, 0.3) is 0 Å². The number of anilines is 1. The molecule has 1 N–H and O–H groups in total. The number of aryl methyl sites for hydroxylation is 4. The lowest BCUT2D eigenvalue weighted by atomic mass is 10.1. The topological polar surface area (TPSA) is 49.4 Å². The summed E-state index contributed by atoms with van der Waals surface area (Å²) in [5.41, 5.74) is 3.09. The summed E-state index contributed by atoms with van der Waals surface area (Å²) >= 11 is 0. The van der Waals surface area contributed by atoms with E-state index in [-0.39, 0.29) is 4.90 Å². The molecule has 0 heterocycles. The lowest BCUT2D eigenvalue weighted by Gasteiger charge is -2.29. The number of halogens is 3. The summed E-state index contributed by atoms with van der Waals surface area (Å²) in [4.78, 5) is 1.30. The van der Waals surface area contributed by atoms with E-state index in [0.717, 1.165) is 11.1 Å². The zero-order valence-electron chi connectivity index (χ0n) is 16.6. The lowest BCUT2D eigenvalue weighted by molar-refractivity contribution is -0.149. The van der Waals surface area contributed by atoms with Crippen LogP contribution in [0.5, 0.6) is 0 Å². The van der Waals surface area contributed by atoms with Crippen LogP contribution in [0, 0.1) is 27.7 Å². The van der Waals surface area contributed by atoms with Crippen LogP contribution in [-0.4, -0.2) is 34.2 Å². The summed E-state index contributed by atoms with van der Waals surface area (Å²) in [6.07, 6.45) is -4.74. The minimum atomic E-state index is -4.74. The fourth-order valence-electron chi connectivity index (χ4n) is 3.41. The normalized spacial score (nSPS) is 13.4. The van der Waals surface area contributed by atoms with E-state index in [2.05, 4.69) is 0 Å². The van der Waals surface area contributed by atoms with Gasteiger partial charge in [-0.05, 0) is 50.5 Å². The van der Waals surface area contributed by atoms with Crippen LogP contribution in [0.1, 0.15) is 22.3 Å². The van der Waals surface area contributed by atoms with Crippen LogP contribution in [-0.2, 0) is 10.0 Å². The Morgan fingerprint density at radius 3 is 2.04 bits per heavy atom. The first-order valence-corrected chi connectivity index (χ1v) is 10.2. The number of hydrogen-bond acceptors (Lipinski definition) is 3. The highest BCUT2D eigenvalue weighted by Crippen LogP contribution is 2.27. The van der Waals surface area contributed by atoms with Crippen molar-refractivity contribution in [3.05, 3.63) is 58.7 Å². The first kappa shape index (κ1) is 22.2. The van der Waals surface area contributed by atoms with Crippen molar-refractivity contribution in [1.29, 1.82) is 0 Å². The van der Waals surface area contributed by atoms with Gasteiger partial charge in [-0.2, -0.15) is 17.9 Å². The number of nitrogens with one attached hydrogen (secondary N) is 1. The third kappa shape index (κ3) is 5.05. The molecule has 0 bridgehead atoms. The number of para-hydroxylation sites is 1. The standard InChI is InChI=1S/C20H25F3N2O2S/c1-13-10-15(3)19(16(4)11-13)28(26,27)24-18(20(21,22)23)12-25(5)17-9-7-6-8-14(17)2/h6-11,18,24H,12H2,1-5H3. The summed E-state index contributed by atoms with van der Waals surface area (Å²) < 4.78 is 68.4. The summed E-state index contributed by atoms with van der Waals surface area (Å²) in [5.74, 6) is 0. The number of nitrogens with zero attached hydrogens (tertiary/aromatic N) is 1. The number of alkyl halides is 3. The van der Waals surface area contributed by atoms with Crippen LogP contribution in [0.15, 0.2) is 41.3 Å². The average molecular weight is 414 g/mol. The van der Waals surface area contributed by atoms with Gasteiger partial charge in [0.2, 0.25) is 10.0 Å². The monoisotopic (exact) mass is 414 g/mol. The molecule has 2 rings (SSSR count). The van der Waals surface area contributed by atoms with Gasteiger partial charge < -0.3 is 4.90 Å². The molecule has 0 aliphatic heterocycles. The third-order valence-corrected chi connectivity index (χ3v) is 6.33. The predicted molar refractivity (Wildman–Crippen MR) is 105 cm³/mol. The van der Waals surface area contributed by atoms with Crippen molar-refractivity contribution in [3.8, 4) is 0 Å². The Morgan fingerprint density at radius 1 is 1.00 bits per heavy atom. The molecule has 0 aliphatic carbocycles. The Hall–Kier alpha value is -2.06. The highest BCUT2D eigenvalue weighted by Gasteiger charge is 2.43. The molecule has 0 aliphatic rings. The Kier molecular flexibility index (Phi) is 6.45. The maximum absolute atomic E-state index is 13.7. The van der Waals surface area contributed by atoms with E-state index in [1.165, 1.54) is 11.9 Å². The molecule has 0 saturated carbocycles. The van der Waals surface area contributed by atoms with Gasteiger partial charge >= 0.3 is 6.18 Å². The molecule has 4 nitrogen and oxygen atoms in total. The number of rotatable bonds is 6. The third-order valence-electron chi connectivity index (χ3n) is 4.55. The van der Waals surface area contributed by atoms with Gasteiger partial charge in [-0.15, -0.1) is 0 Å². The fourth-order valence-corrected chi connectivity index (χ4v) is 5.07. The van der Waals surface area contributed by atoms with Gasteiger partial charge in [-0.25, -0.2) is 8.42 Å². The molecule has 0 amide bonds. The second-order valence-electron chi connectivity index (χ2n) is 7.11. The summed E-state index contributed by atoms with van der Waals surface area (Å²) in [6, 6.07) is 8.04. The van der Waals surface area contributed by atoms with Gasteiger partial charge in [0.1, 0.15) is 6.04 Å². The van der Waals surface area contributed by atoms with E-state index in [1.807, 2.05) is 4.72 Å². The van der Waals surface area contributed by atoms with E-state index in [4.69, 9.17) is 0 Å². The van der Waals surface area contributed by atoms with Crippen LogP contribution in [0.4, 0.5) is 18.9 Å². The van der Waals surface area contributed by atoms with Crippen molar-refractivity contribution in [2.24, 2.45) is 0 Å². The molecule has 154 valence electrons. The number of hydrogen-bond donors (Lipinski definition) is 1. The fraction of sp³-hybridized carbons (Fsp3) is 0.400.